The van der Waals surface area contributed by atoms with Crippen molar-refractivity contribution in [3.8, 4) is 0 Å². The van der Waals surface area contributed by atoms with Gasteiger partial charge in [-0.25, -0.2) is 8.42 Å². The number of hydrogen-bond donors (Lipinski definition) is 1. The van der Waals surface area contributed by atoms with Crippen LogP contribution in [0.25, 0.3) is 10.9 Å². The summed E-state index contributed by atoms with van der Waals surface area (Å²) < 4.78 is 29.4. The highest BCUT2D eigenvalue weighted by atomic mass is 35.5. The molecule has 0 atom stereocenters. The van der Waals surface area contributed by atoms with Crippen LogP contribution in [-0.4, -0.2) is 12.4 Å². The molecule has 4 rings (SSSR count). The zero-order chi connectivity index (χ0) is 19.7. The van der Waals surface area contributed by atoms with E-state index in [4.69, 9.17) is 11.6 Å². The van der Waals surface area contributed by atoms with Crippen LogP contribution in [0, 0.1) is 0 Å². The molecule has 0 aliphatic carbocycles. The summed E-state index contributed by atoms with van der Waals surface area (Å²) in [4.78, 5) is 12.5. The number of anilines is 1. The molecular weight excluding hydrogens is 416 g/mol. The van der Waals surface area contributed by atoms with Crippen molar-refractivity contribution >= 4 is 49.7 Å². The molecule has 0 radical (unpaired) electrons. The van der Waals surface area contributed by atoms with E-state index in [1.54, 1.807) is 30.3 Å². The van der Waals surface area contributed by atoms with Crippen molar-refractivity contribution in [3.63, 3.8) is 0 Å². The van der Waals surface area contributed by atoms with Gasteiger partial charge in [0, 0.05) is 10.7 Å². The van der Waals surface area contributed by atoms with Gasteiger partial charge >= 0.3 is 0 Å². The van der Waals surface area contributed by atoms with Crippen LogP contribution in [-0.2, 0) is 16.6 Å². The van der Waals surface area contributed by atoms with E-state index in [-0.39, 0.29) is 9.64 Å². The smallest absolute Gasteiger partial charge is 0.261 e. The third kappa shape index (κ3) is 3.82. The predicted octanol–water partition coefficient (Wildman–Crippen LogP) is 4.57. The molecule has 0 spiro atoms. The molecule has 28 heavy (non-hydrogen) atoms. The lowest BCUT2D eigenvalue weighted by atomic mass is 10.2. The molecule has 0 amide bonds. The number of nitrogens with one attached hydrogen (secondary N) is 1. The molecule has 0 aliphatic rings. The highest BCUT2D eigenvalue weighted by Crippen LogP contribution is 2.24. The number of fused-ring (bicyclic) bond motifs is 1. The molecule has 1 heterocycles. The van der Waals surface area contributed by atoms with Gasteiger partial charge in [0.2, 0.25) is 0 Å². The van der Waals surface area contributed by atoms with E-state index in [0.29, 0.717) is 22.6 Å². The van der Waals surface area contributed by atoms with Crippen molar-refractivity contribution in [2.24, 2.45) is 0 Å². The second kappa shape index (κ2) is 7.43. The van der Waals surface area contributed by atoms with Crippen LogP contribution in [0.3, 0.4) is 0 Å². The van der Waals surface area contributed by atoms with Gasteiger partial charge in [0.15, 0.2) is 0 Å². The van der Waals surface area contributed by atoms with Gasteiger partial charge in [-0.1, -0.05) is 48.0 Å². The Hall–Kier alpha value is -2.61. The van der Waals surface area contributed by atoms with Crippen LogP contribution in [0.4, 0.5) is 5.69 Å². The van der Waals surface area contributed by atoms with E-state index < -0.39 is 10.0 Å². The van der Waals surface area contributed by atoms with Gasteiger partial charge in [-0.05, 0) is 53.5 Å². The Kier molecular flexibility index (Phi) is 4.97. The van der Waals surface area contributed by atoms with Crippen LogP contribution < -0.4 is 9.46 Å². The van der Waals surface area contributed by atoms with E-state index in [0.717, 1.165) is 22.6 Å². The van der Waals surface area contributed by atoms with Gasteiger partial charge in [0.1, 0.15) is 0 Å². The van der Waals surface area contributed by atoms with Gasteiger partial charge in [0.25, 0.3) is 14.8 Å². The summed E-state index contributed by atoms with van der Waals surface area (Å²) in [6.45, 7) is 0.581. The molecule has 0 bridgehead atoms. The van der Waals surface area contributed by atoms with Crippen molar-refractivity contribution in [2.75, 3.05) is 4.72 Å². The Morgan fingerprint density at radius 3 is 2.50 bits per heavy atom. The molecule has 0 saturated carbocycles. The van der Waals surface area contributed by atoms with Crippen LogP contribution in [0.1, 0.15) is 5.56 Å². The number of nitrogens with zero attached hydrogens (tertiary/aromatic N) is 1. The molecule has 0 unspecified atom stereocenters. The summed E-state index contributed by atoms with van der Waals surface area (Å²) in [7, 11) is -3.80. The average Bonchev–Trinajstić information content (AvgIpc) is 2.97. The fraction of sp³-hybridized carbons (Fsp3) is 0.0500. The maximum atomic E-state index is 12.6. The minimum absolute atomic E-state index is 0.0619. The molecule has 1 aromatic heterocycles. The minimum Gasteiger partial charge on any atom is -0.290 e. The molecule has 142 valence electrons. The van der Waals surface area contributed by atoms with E-state index in [1.165, 1.54) is 12.1 Å². The van der Waals surface area contributed by atoms with Gasteiger partial charge in [-0.3, -0.25) is 13.5 Å². The maximum Gasteiger partial charge on any atom is 0.261 e. The van der Waals surface area contributed by atoms with Gasteiger partial charge in [-0.15, -0.1) is 0 Å². The summed E-state index contributed by atoms with van der Waals surface area (Å²) >= 11 is 7.00. The van der Waals surface area contributed by atoms with Crippen molar-refractivity contribution in [3.05, 3.63) is 92.9 Å². The number of benzene rings is 3. The number of halogens is 1. The number of rotatable bonds is 5. The first-order chi connectivity index (χ1) is 13.4. The van der Waals surface area contributed by atoms with Gasteiger partial charge < -0.3 is 0 Å². The van der Waals surface area contributed by atoms with Crippen molar-refractivity contribution in [1.29, 1.82) is 0 Å². The molecule has 0 saturated heterocycles. The zero-order valence-corrected chi connectivity index (χ0v) is 16.9. The average molecular weight is 431 g/mol. The summed E-state index contributed by atoms with van der Waals surface area (Å²) in [5.74, 6) is 0. The topological polar surface area (TPSA) is 68.2 Å². The quantitative estimate of drug-likeness (QED) is 0.504. The van der Waals surface area contributed by atoms with Crippen molar-refractivity contribution in [1.82, 2.24) is 3.96 Å². The van der Waals surface area contributed by atoms with E-state index in [1.807, 2.05) is 34.3 Å². The number of hydrogen-bond acceptors (Lipinski definition) is 4. The fourth-order valence-electron chi connectivity index (χ4n) is 2.89. The second-order valence-electron chi connectivity index (χ2n) is 6.20. The van der Waals surface area contributed by atoms with E-state index in [2.05, 4.69) is 4.72 Å². The third-order valence-electron chi connectivity index (χ3n) is 4.21. The summed E-state index contributed by atoms with van der Waals surface area (Å²) in [5, 5.41) is 0.812. The lowest BCUT2D eigenvalue weighted by Crippen LogP contribution is -2.13. The lowest BCUT2D eigenvalue weighted by molar-refractivity contribution is 0.601. The molecule has 0 fully saturated rings. The van der Waals surface area contributed by atoms with Crippen LogP contribution in [0.15, 0.2) is 82.5 Å². The standard InChI is InChI=1S/C20H15ClN2O3S2/c21-15-7-4-8-17(11-15)28(25,26)22-16-9-10-19-18(12-16)20(24)27-23(19)13-14-5-2-1-3-6-14/h1-12,22H,13H2. The fourth-order valence-corrected chi connectivity index (χ4v) is 5.18. The largest absolute Gasteiger partial charge is 0.290 e. The molecule has 4 aromatic rings. The molecular formula is C20H15ClN2O3S2. The zero-order valence-electron chi connectivity index (χ0n) is 14.5. The highest BCUT2D eigenvalue weighted by molar-refractivity contribution is 7.92. The molecule has 8 heteroatoms. The van der Waals surface area contributed by atoms with Crippen molar-refractivity contribution in [2.45, 2.75) is 11.4 Å². The molecule has 3 aromatic carbocycles. The Bertz CT molecular complexity index is 1310. The normalized spacial score (nSPS) is 11.6. The molecule has 0 aliphatic heterocycles. The van der Waals surface area contributed by atoms with E-state index >= 15 is 0 Å². The Balaban J connectivity index is 1.67. The van der Waals surface area contributed by atoms with Crippen LogP contribution in [0.5, 0.6) is 0 Å². The summed E-state index contributed by atoms with van der Waals surface area (Å²) in [6, 6.07) is 20.8. The number of sulfonamides is 1. The third-order valence-corrected chi connectivity index (χ3v) is 6.75. The van der Waals surface area contributed by atoms with Crippen LogP contribution in [0.2, 0.25) is 5.02 Å². The summed E-state index contributed by atoms with van der Waals surface area (Å²) in [6.07, 6.45) is 0. The number of aromatic nitrogens is 1. The van der Waals surface area contributed by atoms with E-state index in [9.17, 15) is 13.2 Å². The summed E-state index contributed by atoms with van der Waals surface area (Å²) in [5.41, 5.74) is 2.18. The Labute approximate surface area is 171 Å². The first kappa shape index (κ1) is 18.7. The Morgan fingerprint density at radius 1 is 0.964 bits per heavy atom. The lowest BCUT2D eigenvalue weighted by Gasteiger charge is -2.09. The second-order valence-corrected chi connectivity index (χ2v) is 9.31. The SMILES string of the molecule is O=c1sn(Cc2ccccc2)c2ccc(NS(=O)(=O)c3cccc(Cl)c3)cc12. The molecule has 1 N–H and O–H groups in total. The predicted molar refractivity (Wildman–Crippen MR) is 114 cm³/mol. The van der Waals surface area contributed by atoms with Crippen LogP contribution >= 0.6 is 23.1 Å². The first-order valence-electron chi connectivity index (χ1n) is 8.38. The Morgan fingerprint density at radius 2 is 1.75 bits per heavy atom. The highest BCUT2D eigenvalue weighted by Gasteiger charge is 2.16. The van der Waals surface area contributed by atoms with Crippen molar-refractivity contribution < 1.29 is 8.42 Å². The van der Waals surface area contributed by atoms with Gasteiger partial charge in [-0.2, -0.15) is 0 Å². The monoisotopic (exact) mass is 430 g/mol. The maximum absolute atomic E-state index is 12.6. The van der Waals surface area contributed by atoms with Gasteiger partial charge in [0.05, 0.1) is 22.3 Å². The minimum atomic E-state index is -3.80. The first-order valence-corrected chi connectivity index (χ1v) is 11.0. The molecule has 5 nitrogen and oxygen atoms in total.